The molecule has 0 bridgehead atoms. The summed E-state index contributed by atoms with van der Waals surface area (Å²) < 4.78 is 5.02. The van der Waals surface area contributed by atoms with Crippen LogP contribution in [-0.2, 0) is 4.79 Å². The van der Waals surface area contributed by atoms with Crippen molar-refractivity contribution in [3.63, 3.8) is 0 Å². The van der Waals surface area contributed by atoms with Gasteiger partial charge in [0.05, 0.1) is 7.11 Å². The van der Waals surface area contributed by atoms with Crippen LogP contribution in [0.3, 0.4) is 0 Å². The standard InChI is InChI=1S/C11H13NO3/c1-15-8-4-2-7(3-5-8)9-6-11(9,12)10(13)14/h2-5,9H,6,12H2,1H3,(H,13,14). The Hall–Kier alpha value is -1.55. The van der Waals surface area contributed by atoms with Gasteiger partial charge in [-0.2, -0.15) is 0 Å². The summed E-state index contributed by atoms with van der Waals surface area (Å²) >= 11 is 0. The van der Waals surface area contributed by atoms with E-state index in [1.807, 2.05) is 24.3 Å². The van der Waals surface area contributed by atoms with Gasteiger partial charge in [-0.1, -0.05) is 12.1 Å². The lowest BCUT2D eigenvalue weighted by Gasteiger charge is -2.06. The van der Waals surface area contributed by atoms with Crippen molar-refractivity contribution >= 4 is 5.97 Å². The van der Waals surface area contributed by atoms with E-state index in [2.05, 4.69) is 0 Å². The predicted octanol–water partition coefficient (Wildman–Crippen LogP) is 0.965. The monoisotopic (exact) mass is 207 g/mol. The molecule has 0 aromatic heterocycles. The molecule has 1 aliphatic carbocycles. The van der Waals surface area contributed by atoms with Crippen LogP contribution < -0.4 is 10.5 Å². The van der Waals surface area contributed by atoms with Crippen molar-refractivity contribution < 1.29 is 14.6 Å². The number of carboxylic acids is 1. The number of ether oxygens (including phenoxy) is 1. The molecule has 4 heteroatoms. The van der Waals surface area contributed by atoms with Gasteiger partial charge in [-0.25, -0.2) is 0 Å². The Labute approximate surface area is 87.7 Å². The number of hydrogen-bond donors (Lipinski definition) is 2. The van der Waals surface area contributed by atoms with Gasteiger partial charge in [-0.3, -0.25) is 4.79 Å². The molecule has 2 rings (SSSR count). The Morgan fingerprint density at radius 3 is 2.53 bits per heavy atom. The largest absolute Gasteiger partial charge is 0.497 e. The Morgan fingerprint density at radius 1 is 1.53 bits per heavy atom. The molecule has 0 amide bonds. The van der Waals surface area contributed by atoms with Crippen LogP contribution in [0.4, 0.5) is 0 Å². The molecule has 1 saturated carbocycles. The first kappa shape index (κ1) is 9.98. The maximum absolute atomic E-state index is 10.8. The fourth-order valence-corrected chi connectivity index (χ4v) is 1.77. The topological polar surface area (TPSA) is 72.5 Å². The summed E-state index contributed by atoms with van der Waals surface area (Å²) in [5.41, 5.74) is 5.60. The third-order valence-electron chi connectivity index (χ3n) is 2.92. The predicted molar refractivity (Wildman–Crippen MR) is 54.9 cm³/mol. The van der Waals surface area contributed by atoms with Crippen molar-refractivity contribution in [1.82, 2.24) is 0 Å². The molecule has 4 nitrogen and oxygen atoms in total. The van der Waals surface area contributed by atoms with Gasteiger partial charge >= 0.3 is 5.97 Å². The molecule has 1 aromatic rings. The molecule has 1 fully saturated rings. The zero-order valence-corrected chi connectivity index (χ0v) is 8.43. The van der Waals surface area contributed by atoms with Crippen LogP contribution in [0, 0.1) is 0 Å². The molecule has 80 valence electrons. The highest BCUT2D eigenvalue weighted by Crippen LogP contribution is 2.49. The van der Waals surface area contributed by atoms with Crippen LogP contribution in [0.25, 0.3) is 0 Å². The number of carbonyl (C=O) groups is 1. The first-order valence-corrected chi connectivity index (χ1v) is 4.74. The summed E-state index contributed by atoms with van der Waals surface area (Å²) in [7, 11) is 1.59. The molecule has 3 N–H and O–H groups in total. The quantitative estimate of drug-likeness (QED) is 0.774. The van der Waals surface area contributed by atoms with Gasteiger partial charge in [0.2, 0.25) is 0 Å². The van der Waals surface area contributed by atoms with Gasteiger partial charge in [-0.15, -0.1) is 0 Å². The van der Waals surface area contributed by atoms with Gasteiger partial charge in [-0.05, 0) is 24.1 Å². The summed E-state index contributed by atoms with van der Waals surface area (Å²) in [5, 5.41) is 8.90. The van der Waals surface area contributed by atoms with Crippen LogP contribution in [0.15, 0.2) is 24.3 Å². The number of nitrogens with two attached hydrogens (primary N) is 1. The molecule has 1 aromatic carbocycles. The first-order chi connectivity index (χ1) is 7.08. The van der Waals surface area contributed by atoms with E-state index in [-0.39, 0.29) is 5.92 Å². The van der Waals surface area contributed by atoms with E-state index in [0.717, 1.165) is 11.3 Å². The molecule has 2 atom stereocenters. The number of benzene rings is 1. The Morgan fingerprint density at radius 2 is 2.13 bits per heavy atom. The van der Waals surface area contributed by atoms with Gasteiger partial charge in [0, 0.05) is 5.92 Å². The maximum Gasteiger partial charge on any atom is 0.324 e. The molecule has 0 heterocycles. The smallest absolute Gasteiger partial charge is 0.324 e. The summed E-state index contributed by atoms with van der Waals surface area (Å²) in [6.07, 6.45) is 0.509. The van der Waals surface area contributed by atoms with Crippen LogP contribution in [0.2, 0.25) is 0 Å². The van der Waals surface area contributed by atoms with Crippen LogP contribution >= 0.6 is 0 Å². The average Bonchev–Trinajstić information content (AvgIpc) is 2.93. The number of aliphatic carboxylic acids is 1. The molecular weight excluding hydrogens is 194 g/mol. The third kappa shape index (κ3) is 1.57. The highest BCUT2D eigenvalue weighted by Gasteiger charge is 2.58. The van der Waals surface area contributed by atoms with Crippen LogP contribution in [0.5, 0.6) is 5.75 Å². The number of rotatable bonds is 3. The van der Waals surface area contributed by atoms with Crippen molar-refractivity contribution in [3.05, 3.63) is 29.8 Å². The molecule has 15 heavy (non-hydrogen) atoms. The van der Waals surface area contributed by atoms with E-state index < -0.39 is 11.5 Å². The van der Waals surface area contributed by atoms with Gasteiger partial charge in [0.1, 0.15) is 11.3 Å². The SMILES string of the molecule is COc1ccc(C2CC2(N)C(=O)O)cc1. The second-order valence-electron chi connectivity index (χ2n) is 3.88. The van der Waals surface area contributed by atoms with Crippen molar-refractivity contribution in [2.75, 3.05) is 7.11 Å². The minimum Gasteiger partial charge on any atom is -0.497 e. The van der Waals surface area contributed by atoms with E-state index in [0.29, 0.717) is 6.42 Å². The van der Waals surface area contributed by atoms with E-state index in [1.165, 1.54) is 0 Å². The van der Waals surface area contributed by atoms with Gasteiger partial charge < -0.3 is 15.6 Å². The average molecular weight is 207 g/mol. The fraction of sp³-hybridized carbons (Fsp3) is 0.364. The van der Waals surface area contributed by atoms with E-state index in [1.54, 1.807) is 7.11 Å². The second kappa shape index (κ2) is 3.24. The Bertz CT molecular complexity index is 387. The lowest BCUT2D eigenvalue weighted by Crippen LogP contribution is -2.34. The minimum atomic E-state index is -1.06. The molecule has 0 spiro atoms. The Balaban J connectivity index is 2.16. The molecule has 2 unspecified atom stereocenters. The molecular formula is C11H13NO3. The zero-order chi connectivity index (χ0) is 11.1. The molecule has 0 saturated heterocycles. The number of methoxy groups -OCH3 is 1. The first-order valence-electron chi connectivity index (χ1n) is 4.74. The van der Waals surface area contributed by atoms with E-state index in [4.69, 9.17) is 15.6 Å². The molecule has 0 aliphatic heterocycles. The third-order valence-corrected chi connectivity index (χ3v) is 2.92. The van der Waals surface area contributed by atoms with Gasteiger partial charge in [0.25, 0.3) is 0 Å². The molecule has 0 radical (unpaired) electrons. The number of hydrogen-bond acceptors (Lipinski definition) is 3. The maximum atomic E-state index is 10.8. The molecule has 1 aliphatic rings. The Kier molecular flexibility index (Phi) is 2.16. The minimum absolute atomic E-state index is 0.0686. The fourth-order valence-electron chi connectivity index (χ4n) is 1.77. The van der Waals surface area contributed by atoms with Gasteiger partial charge in [0.15, 0.2) is 0 Å². The van der Waals surface area contributed by atoms with Crippen molar-refractivity contribution in [2.45, 2.75) is 17.9 Å². The summed E-state index contributed by atoms with van der Waals surface area (Å²) in [4.78, 5) is 10.8. The summed E-state index contributed by atoms with van der Waals surface area (Å²) in [5.74, 6) is -0.235. The van der Waals surface area contributed by atoms with Crippen molar-refractivity contribution in [1.29, 1.82) is 0 Å². The number of carboxylic acid groups (broad SMARTS) is 1. The summed E-state index contributed by atoms with van der Waals surface area (Å²) in [6, 6.07) is 7.36. The van der Waals surface area contributed by atoms with E-state index in [9.17, 15) is 4.79 Å². The normalized spacial score (nSPS) is 28.5. The van der Waals surface area contributed by atoms with Crippen LogP contribution in [0.1, 0.15) is 17.9 Å². The summed E-state index contributed by atoms with van der Waals surface area (Å²) in [6.45, 7) is 0. The lowest BCUT2D eigenvalue weighted by atomic mass is 10.1. The van der Waals surface area contributed by atoms with Crippen molar-refractivity contribution in [3.8, 4) is 5.75 Å². The van der Waals surface area contributed by atoms with Crippen molar-refractivity contribution in [2.24, 2.45) is 5.73 Å². The van der Waals surface area contributed by atoms with Crippen LogP contribution in [-0.4, -0.2) is 23.7 Å². The second-order valence-corrected chi connectivity index (χ2v) is 3.88. The zero-order valence-electron chi connectivity index (χ0n) is 8.43. The highest BCUT2D eigenvalue weighted by atomic mass is 16.5. The van der Waals surface area contributed by atoms with E-state index >= 15 is 0 Å². The lowest BCUT2D eigenvalue weighted by molar-refractivity contribution is -0.139. The highest BCUT2D eigenvalue weighted by molar-refractivity contribution is 5.84.